The number of nitrogens with two attached hydrogens (primary N) is 1. The summed E-state index contributed by atoms with van der Waals surface area (Å²) in [6.07, 6.45) is 0. The van der Waals surface area contributed by atoms with Gasteiger partial charge in [0.1, 0.15) is 18.8 Å². The van der Waals surface area contributed by atoms with E-state index in [1.807, 2.05) is 37.3 Å². The first-order valence-electron chi connectivity index (χ1n) is 6.56. The maximum atomic E-state index is 6.13. The minimum absolute atomic E-state index is 0.706. The van der Waals surface area contributed by atoms with Gasteiger partial charge in [0.25, 0.3) is 0 Å². The van der Waals surface area contributed by atoms with Crippen molar-refractivity contribution in [2.24, 2.45) is 0 Å². The SMILES string of the molecule is CCOc1ccc(C[NH2+]Cc2ccccc2Cl)cc1. The Morgan fingerprint density at radius 1 is 1.00 bits per heavy atom. The molecule has 100 valence electrons. The number of benzene rings is 2. The van der Waals surface area contributed by atoms with E-state index >= 15 is 0 Å². The van der Waals surface area contributed by atoms with Crippen molar-refractivity contribution < 1.29 is 10.1 Å². The molecule has 0 aliphatic rings. The highest BCUT2D eigenvalue weighted by atomic mass is 35.5. The second-order valence-electron chi connectivity index (χ2n) is 4.37. The Morgan fingerprint density at radius 3 is 2.42 bits per heavy atom. The molecule has 2 rings (SSSR count). The molecule has 0 heterocycles. The molecular weight excluding hydrogens is 258 g/mol. The van der Waals surface area contributed by atoms with Crippen LogP contribution in [0.1, 0.15) is 18.1 Å². The smallest absolute Gasteiger partial charge is 0.119 e. The molecule has 2 aromatic rings. The van der Waals surface area contributed by atoms with Gasteiger partial charge in [0, 0.05) is 16.1 Å². The summed E-state index contributed by atoms with van der Waals surface area (Å²) in [4.78, 5) is 0. The van der Waals surface area contributed by atoms with E-state index in [1.165, 1.54) is 11.1 Å². The van der Waals surface area contributed by atoms with Crippen LogP contribution < -0.4 is 10.1 Å². The molecule has 2 nitrogen and oxygen atoms in total. The van der Waals surface area contributed by atoms with E-state index in [2.05, 4.69) is 23.5 Å². The highest BCUT2D eigenvalue weighted by Crippen LogP contribution is 2.13. The molecule has 3 heteroatoms. The van der Waals surface area contributed by atoms with Gasteiger partial charge in [-0.25, -0.2) is 0 Å². The van der Waals surface area contributed by atoms with Gasteiger partial charge in [0.2, 0.25) is 0 Å². The summed E-state index contributed by atoms with van der Waals surface area (Å²) in [6.45, 7) is 4.54. The van der Waals surface area contributed by atoms with Gasteiger partial charge < -0.3 is 10.1 Å². The molecule has 0 aromatic heterocycles. The molecule has 0 atom stereocenters. The summed E-state index contributed by atoms with van der Waals surface area (Å²) in [5.41, 5.74) is 2.46. The zero-order valence-corrected chi connectivity index (χ0v) is 11.9. The maximum Gasteiger partial charge on any atom is 0.119 e. The van der Waals surface area contributed by atoms with Gasteiger partial charge in [-0.2, -0.15) is 0 Å². The van der Waals surface area contributed by atoms with Gasteiger partial charge in [-0.05, 0) is 37.3 Å². The molecule has 0 unspecified atom stereocenters. The van der Waals surface area contributed by atoms with Gasteiger partial charge >= 0.3 is 0 Å². The lowest BCUT2D eigenvalue weighted by molar-refractivity contribution is -0.686. The predicted octanol–water partition coefficient (Wildman–Crippen LogP) is 3.00. The van der Waals surface area contributed by atoms with E-state index in [0.29, 0.717) is 6.61 Å². The zero-order chi connectivity index (χ0) is 13.5. The molecule has 2 aromatic carbocycles. The minimum atomic E-state index is 0.706. The largest absolute Gasteiger partial charge is 0.494 e. The van der Waals surface area contributed by atoms with E-state index in [9.17, 15) is 0 Å². The van der Waals surface area contributed by atoms with Gasteiger partial charge in [-0.15, -0.1) is 0 Å². The Kier molecular flexibility index (Phi) is 5.25. The normalized spacial score (nSPS) is 10.4. The minimum Gasteiger partial charge on any atom is -0.494 e. The van der Waals surface area contributed by atoms with Gasteiger partial charge in [-0.3, -0.25) is 0 Å². The molecule has 0 saturated heterocycles. The highest BCUT2D eigenvalue weighted by molar-refractivity contribution is 6.31. The molecule has 0 saturated carbocycles. The molecule has 0 radical (unpaired) electrons. The molecule has 0 amide bonds. The van der Waals surface area contributed by atoms with Crippen LogP contribution in [0, 0.1) is 0 Å². The van der Waals surface area contributed by atoms with Crippen molar-refractivity contribution in [3.05, 3.63) is 64.7 Å². The first-order chi connectivity index (χ1) is 9.29. The van der Waals surface area contributed by atoms with E-state index in [-0.39, 0.29) is 0 Å². The number of hydrogen-bond donors (Lipinski definition) is 1. The number of ether oxygens (including phenoxy) is 1. The molecule has 2 N–H and O–H groups in total. The fourth-order valence-corrected chi connectivity index (χ4v) is 2.16. The van der Waals surface area contributed by atoms with E-state index in [0.717, 1.165) is 23.9 Å². The van der Waals surface area contributed by atoms with Crippen LogP contribution in [0.3, 0.4) is 0 Å². The second-order valence-corrected chi connectivity index (χ2v) is 4.77. The van der Waals surface area contributed by atoms with Crippen molar-refractivity contribution in [1.29, 1.82) is 0 Å². The number of quaternary nitrogens is 1. The third-order valence-corrected chi connectivity index (χ3v) is 3.31. The van der Waals surface area contributed by atoms with E-state index < -0.39 is 0 Å². The zero-order valence-electron chi connectivity index (χ0n) is 11.1. The van der Waals surface area contributed by atoms with Crippen LogP contribution in [0.4, 0.5) is 0 Å². The van der Waals surface area contributed by atoms with Crippen LogP contribution in [0.5, 0.6) is 5.75 Å². The Hall–Kier alpha value is -1.51. The summed E-state index contributed by atoms with van der Waals surface area (Å²) in [5, 5.41) is 3.09. The molecule has 0 spiro atoms. The second kappa shape index (κ2) is 7.17. The Labute approximate surface area is 119 Å². The Morgan fingerprint density at radius 2 is 1.74 bits per heavy atom. The lowest BCUT2D eigenvalue weighted by Gasteiger charge is -2.06. The lowest BCUT2D eigenvalue weighted by atomic mass is 10.2. The van der Waals surface area contributed by atoms with E-state index in [1.54, 1.807) is 0 Å². The van der Waals surface area contributed by atoms with Crippen molar-refractivity contribution in [3.8, 4) is 5.75 Å². The summed E-state index contributed by atoms with van der Waals surface area (Å²) in [7, 11) is 0. The first kappa shape index (κ1) is 13.9. The molecule has 0 aliphatic carbocycles. The van der Waals surface area contributed by atoms with Crippen LogP contribution in [-0.2, 0) is 13.1 Å². The molecular formula is C16H19ClNO+. The molecule has 0 aliphatic heterocycles. The maximum absolute atomic E-state index is 6.13. The number of halogens is 1. The van der Waals surface area contributed by atoms with Gasteiger partial charge in [0.15, 0.2) is 0 Å². The summed E-state index contributed by atoms with van der Waals surface area (Å²) in [5.74, 6) is 0.928. The molecule has 19 heavy (non-hydrogen) atoms. The number of rotatable bonds is 6. The van der Waals surface area contributed by atoms with Crippen LogP contribution >= 0.6 is 11.6 Å². The summed E-state index contributed by atoms with van der Waals surface area (Å²) in [6, 6.07) is 16.2. The Bertz CT molecular complexity index is 510. The average Bonchev–Trinajstić information content (AvgIpc) is 2.43. The standard InChI is InChI=1S/C16H18ClNO/c1-2-19-15-9-7-13(8-10-15)11-18-12-14-5-3-4-6-16(14)17/h3-10,18H,2,11-12H2,1H3/p+1. The fourth-order valence-electron chi connectivity index (χ4n) is 1.95. The summed E-state index contributed by atoms with van der Waals surface area (Å²) < 4.78 is 5.42. The third kappa shape index (κ3) is 4.27. The quantitative estimate of drug-likeness (QED) is 0.862. The highest BCUT2D eigenvalue weighted by Gasteiger charge is 2.01. The van der Waals surface area contributed by atoms with Crippen molar-refractivity contribution in [1.82, 2.24) is 0 Å². The first-order valence-corrected chi connectivity index (χ1v) is 6.94. The van der Waals surface area contributed by atoms with Crippen molar-refractivity contribution in [2.45, 2.75) is 20.0 Å². The Balaban J connectivity index is 1.84. The van der Waals surface area contributed by atoms with Crippen molar-refractivity contribution in [3.63, 3.8) is 0 Å². The molecule has 0 bridgehead atoms. The van der Waals surface area contributed by atoms with Crippen LogP contribution in [0.25, 0.3) is 0 Å². The van der Waals surface area contributed by atoms with Crippen molar-refractivity contribution in [2.75, 3.05) is 6.61 Å². The average molecular weight is 277 g/mol. The molecule has 0 fully saturated rings. The lowest BCUT2D eigenvalue weighted by Crippen LogP contribution is -2.80. The van der Waals surface area contributed by atoms with Crippen LogP contribution in [0.2, 0.25) is 5.02 Å². The topological polar surface area (TPSA) is 25.8 Å². The van der Waals surface area contributed by atoms with Crippen molar-refractivity contribution >= 4 is 11.6 Å². The van der Waals surface area contributed by atoms with Gasteiger partial charge in [-0.1, -0.05) is 29.8 Å². The third-order valence-electron chi connectivity index (χ3n) is 2.94. The monoisotopic (exact) mass is 276 g/mol. The van der Waals surface area contributed by atoms with Crippen LogP contribution in [-0.4, -0.2) is 6.61 Å². The van der Waals surface area contributed by atoms with E-state index in [4.69, 9.17) is 16.3 Å². The van der Waals surface area contributed by atoms with Gasteiger partial charge in [0.05, 0.1) is 6.61 Å². The number of hydrogen-bond acceptors (Lipinski definition) is 1. The van der Waals surface area contributed by atoms with Crippen LogP contribution in [0.15, 0.2) is 48.5 Å². The predicted molar refractivity (Wildman–Crippen MR) is 78.4 cm³/mol. The fraction of sp³-hybridized carbons (Fsp3) is 0.250. The summed E-state index contributed by atoms with van der Waals surface area (Å²) >= 11 is 6.13.